The maximum Gasteiger partial charge on any atom is 0.335 e. The Morgan fingerprint density at radius 3 is 2.74 bits per heavy atom. The summed E-state index contributed by atoms with van der Waals surface area (Å²) >= 11 is 6.30. The van der Waals surface area contributed by atoms with Crippen LogP contribution in [-0.2, 0) is 26.8 Å². The summed E-state index contributed by atoms with van der Waals surface area (Å²) in [5.74, 6) is 0.368. The van der Waals surface area contributed by atoms with E-state index in [1.54, 1.807) is 24.3 Å². The standard InChI is InChI=1S/C27H32ClNO4.Re/c1-3-5-17-12-21(28)8-10-22(17)20-15-29(14-19-6-9-23(19)25(30)4-2)24-13-18(27(31)32)7-11-26(24)33-16-20;/h4,7-8,10-13,19-20,23,25,30H,2-3,5-6,9,14-16H2,1H3,(H,31,32);. The molecule has 1 aliphatic carbocycles. The molecule has 1 saturated carbocycles. The number of anilines is 1. The van der Waals surface area contributed by atoms with Crippen LogP contribution in [0.15, 0.2) is 49.1 Å². The van der Waals surface area contributed by atoms with E-state index in [-0.39, 0.29) is 37.8 Å². The number of benzene rings is 2. The van der Waals surface area contributed by atoms with Gasteiger partial charge in [-0.2, -0.15) is 0 Å². The molecule has 7 heteroatoms. The van der Waals surface area contributed by atoms with Crippen LogP contribution in [0.1, 0.15) is 53.6 Å². The second-order valence-corrected chi connectivity index (χ2v) is 9.66. The van der Waals surface area contributed by atoms with Crippen molar-refractivity contribution < 1.29 is 40.2 Å². The van der Waals surface area contributed by atoms with Gasteiger partial charge in [0.15, 0.2) is 0 Å². The summed E-state index contributed by atoms with van der Waals surface area (Å²) in [5.41, 5.74) is 3.52. The van der Waals surface area contributed by atoms with Gasteiger partial charge >= 0.3 is 5.97 Å². The number of hydrogen-bond acceptors (Lipinski definition) is 4. The van der Waals surface area contributed by atoms with E-state index >= 15 is 0 Å². The third-order valence-corrected chi connectivity index (χ3v) is 7.34. The SMILES string of the molecule is C=CC(O)C1CCC1CN1CC(c2ccc(Cl)cc2CCC)COc2ccc(C(=O)O)cc21.[Re]. The molecule has 5 nitrogen and oxygen atoms in total. The minimum absolute atomic E-state index is 0. The maximum atomic E-state index is 11.7. The number of aliphatic hydroxyl groups is 1. The molecule has 1 aliphatic heterocycles. The zero-order chi connectivity index (χ0) is 23.5. The average molecular weight is 656 g/mol. The van der Waals surface area contributed by atoms with Gasteiger partial charge in [0.05, 0.1) is 24.0 Å². The molecule has 2 aliphatic rings. The van der Waals surface area contributed by atoms with E-state index in [0.29, 0.717) is 24.8 Å². The number of aromatic carboxylic acids is 1. The van der Waals surface area contributed by atoms with Crippen molar-refractivity contribution in [2.75, 3.05) is 24.6 Å². The molecule has 34 heavy (non-hydrogen) atoms. The van der Waals surface area contributed by atoms with Crippen LogP contribution in [0.2, 0.25) is 5.02 Å². The van der Waals surface area contributed by atoms with Gasteiger partial charge < -0.3 is 19.8 Å². The van der Waals surface area contributed by atoms with Crippen LogP contribution in [0, 0.1) is 11.8 Å². The second kappa shape index (κ2) is 11.7. The van der Waals surface area contributed by atoms with Gasteiger partial charge in [-0.1, -0.05) is 37.1 Å². The first-order valence-electron chi connectivity index (χ1n) is 11.7. The molecule has 1 heterocycles. The summed E-state index contributed by atoms with van der Waals surface area (Å²) in [6, 6.07) is 11.2. The van der Waals surface area contributed by atoms with E-state index in [1.165, 1.54) is 11.1 Å². The van der Waals surface area contributed by atoms with E-state index in [1.807, 2.05) is 12.1 Å². The van der Waals surface area contributed by atoms with Gasteiger partial charge in [0, 0.05) is 44.5 Å². The van der Waals surface area contributed by atoms with Gasteiger partial charge in [-0.05, 0) is 72.6 Å². The number of hydrogen-bond donors (Lipinski definition) is 2. The number of fused-ring (bicyclic) bond motifs is 1. The van der Waals surface area contributed by atoms with Crippen molar-refractivity contribution in [1.82, 2.24) is 0 Å². The largest absolute Gasteiger partial charge is 0.491 e. The summed E-state index contributed by atoms with van der Waals surface area (Å²) in [7, 11) is 0. The predicted molar refractivity (Wildman–Crippen MR) is 132 cm³/mol. The zero-order valence-corrected chi connectivity index (χ0v) is 22.9. The molecule has 0 bridgehead atoms. The van der Waals surface area contributed by atoms with Crippen molar-refractivity contribution in [2.45, 2.75) is 44.6 Å². The molecule has 2 aromatic rings. The number of carboxylic acid groups (broad SMARTS) is 1. The van der Waals surface area contributed by atoms with E-state index in [4.69, 9.17) is 16.3 Å². The molecule has 183 valence electrons. The van der Waals surface area contributed by atoms with E-state index in [0.717, 1.165) is 42.9 Å². The molecule has 2 aromatic carbocycles. The molecule has 4 rings (SSSR count). The number of ether oxygens (including phenoxy) is 1. The van der Waals surface area contributed by atoms with Gasteiger partial charge in [-0.15, -0.1) is 6.58 Å². The Hall–Kier alpha value is -1.84. The van der Waals surface area contributed by atoms with Crippen molar-refractivity contribution >= 4 is 23.3 Å². The number of rotatable bonds is 8. The van der Waals surface area contributed by atoms with Crippen LogP contribution in [0.4, 0.5) is 5.69 Å². The summed E-state index contributed by atoms with van der Waals surface area (Å²) in [5, 5.41) is 20.6. The molecule has 1 radical (unpaired) electrons. The summed E-state index contributed by atoms with van der Waals surface area (Å²) in [6.45, 7) is 7.87. The number of nitrogens with zero attached hydrogens (tertiary/aromatic N) is 1. The average Bonchev–Trinajstić information content (AvgIpc) is 2.96. The Kier molecular flexibility index (Phi) is 9.23. The van der Waals surface area contributed by atoms with E-state index in [2.05, 4.69) is 24.5 Å². The number of aryl methyl sites for hydroxylation is 1. The quantitative estimate of drug-likeness (QED) is 0.366. The Labute approximate surface area is 220 Å². The van der Waals surface area contributed by atoms with Crippen LogP contribution >= 0.6 is 11.6 Å². The molecular formula is C27H32ClNO4Re. The molecule has 0 saturated heterocycles. The molecule has 0 aromatic heterocycles. The summed E-state index contributed by atoms with van der Waals surface area (Å²) in [4.78, 5) is 13.9. The van der Waals surface area contributed by atoms with Gasteiger partial charge in [0.25, 0.3) is 0 Å². The number of carboxylic acids is 1. The third kappa shape index (κ3) is 5.69. The fraction of sp³-hybridized carbons (Fsp3) is 0.444. The van der Waals surface area contributed by atoms with Crippen LogP contribution in [-0.4, -0.2) is 42.0 Å². The maximum absolute atomic E-state index is 11.7. The smallest absolute Gasteiger partial charge is 0.335 e. The molecule has 0 amide bonds. The number of halogens is 1. The monoisotopic (exact) mass is 656 g/mol. The normalized spacial score (nSPS) is 22.3. The first kappa shape index (κ1) is 26.8. The number of aliphatic hydroxyl groups excluding tert-OH is 1. The van der Waals surface area contributed by atoms with Crippen LogP contribution in [0.3, 0.4) is 0 Å². The molecule has 4 atom stereocenters. The Morgan fingerprint density at radius 2 is 2.09 bits per heavy atom. The molecule has 4 unspecified atom stereocenters. The molecule has 2 N–H and O–H groups in total. The van der Waals surface area contributed by atoms with Crippen LogP contribution < -0.4 is 9.64 Å². The summed E-state index contributed by atoms with van der Waals surface area (Å²) < 4.78 is 6.24. The predicted octanol–water partition coefficient (Wildman–Crippen LogP) is 5.54. The third-order valence-electron chi connectivity index (χ3n) is 7.10. The van der Waals surface area contributed by atoms with Crippen molar-refractivity contribution in [2.24, 2.45) is 11.8 Å². The second-order valence-electron chi connectivity index (χ2n) is 9.22. The minimum atomic E-state index is -0.954. The minimum Gasteiger partial charge on any atom is -0.491 e. The zero-order valence-electron chi connectivity index (χ0n) is 19.4. The Balaban J connectivity index is 0.00000324. The fourth-order valence-corrected chi connectivity index (χ4v) is 5.37. The Morgan fingerprint density at radius 1 is 1.29 bits per heavy atom. The topological polar surface area (TPSA) is 70.0 Å². The van der Waals surface area contributed by atoms with Gasteiger partial charge in [0.2, 0.25) is 0 Å². The van der Waals surface area contributed by atoms with Gasteiger partial charge in [0.1, 0.15) is 5.75 Å². The van der Waals surface area contributed by atoms with E-state index < -0.39 is 12.1 Å². The van der Waals surface area contributed by atoms with Crippen molar-refractivity contribution in [1.29, 1.82) is 0 Å². The first-order chi connectivity index (χ1) is 15.9. The van der Waals surface area contributed by atoms with Crippen LogP contribution in [0.25, 0.3) is 0 Å². The molecule has 1 fully saturated rings. The first-order valence-corrected chi connectivity index (χ1v) is 12.1. The van der Waals surface area contributed by atoms with Crippen molar-refractivity contribution in [3.8, 4) is 5.75 Å². The van der Waals surface area contributed by atoms with Gasteiger partial charge in [-0.25, -0.2) is 4.79 Å². The number of carbonyl (C=O) groups is 1. The van der Waals surface area contributed by atoms with Crippen molar-refractivity contribution in [3.05, 3.63) is 70.8 Å². The van der Waals surface area contributed by atoms with Gasteiger partial charge in [-0.3, -0.25) is 0 Å². The Bertz CT molecular complexity index is 1030. The van der Waals surface area contributed by atoms with Crippen molar-refractivity contribution in [3.63, 3.8) is 0 Å². The molecule has 0 spiro atoms. The van der Waals surface area contributed by atoms with Crippen LogP contribution in [0.5, 0.6) is 5.75 Å². The molecular weight excluding hydrogens is 624 g/mol. The summed E-state index contributed by atoms with van der Waals surface area (Å²) in [6.07, 6.45) is 5.08. The van der Waals surface area contributed by atoms with E-state index in [9.17, 15) is 15.0 Å². The fourth-order valence-electron chi connectivity index (χ4n) is 5.18.